The van der Waals surface area contributed by atoms with Gasteiger partial charge >= 0.3 is 0 Å². The van der Waals surface area contributed by atoms with Crippen LogP contribution in [0.15, 0.2) is 36.4 Å². The van der Waals surface area contributed by atoms with Gasteiger partial charge in [-0.3, -0.25) is 19.7 Å². The van der Waals surface area contributed by atoms with Crippen LogP contribution in [0.25, 0.3) is 0 Å². The van der Waals surface area contributed by atoms with Gasteiger partial charge in [-0.2, -0.15) is 11.8 Å². The molecule has 3 N–H and O–H groups in total. The number of Topliss-reactive ketones (excluding diaryl/α,β-unsaturated/α-hetero) is 1. The molecule has 0 saturated carbocycles. The number of carbonyl (C=O) groups excluding carboxylic acids is 2. The molecule has 0 bridgehead atoms. The Morgan fingerprint density at radius 2 is 1.92 bits per heavy atom. The Balaban J connectivity index is 2.07. The Kier molecular flexibility index (Phi) is 6.81. The van der Waals surface area contributed by atoms with Gasteiger partial charge < -0.3 is 10.2 Å². The normalized spacial score (nSPS) is 12.0. The van der Waals surface area contributed by atoms with Crippen LogP contribution in [0.3, 0.4) is 0 Å². The molecule has 1 aromatic heterocycles. The van der Waals surface area contributed by atoms with Gasteiger partial charge in [0.15, 0.2) is 5.78 Å². The number of nitrogens with zero attached hydrogens (tertiary/aromatic N) is 1. The Morgan fingerprint density at radius 3 is 2.56 bits per heavy atom. The highest BCUT2D eigenvalue weighted by atomic mass is 32.2. The third-order valence-electron chi connectivity index (χ3n) is 3.74. The van der Waals surface area contributed by atoms with Gasteiger partial charge in [0.1, 0.15) is 0 Å². The van der Waals surface area contributed by atoms with Crippen molar-refractivity contribution in [3.63, 3.8) is 0 Å². The molecule has 0 spiro atoms. The molecule has 0 saturated heterocycles. The second-order valence-corrected chi connectivity index (χ2v) is 6.73. The third kappa shape index (κ3) is 4.94. The Morgan fingerprint density at radius 1 is 1.24 bits per heavy atom. The van der Waals surface area contributed by atoms with E-state index in [0.717, 1.165) is 5.69 Å². The fourth-order valence-electron chi connectivity index (χ4n) is 2.39. The SMILES string of the molecule is Cc1cc(C(=O)CSC[C@H](O)CO)c(C)n1NC(=O)c1ccccc1. The lowest BCUT2D eigenvalue weighted by molar-refractivity contribution is 0.0998. The largest absolute Gasteiger partial charge is 0.394 e. The van der Waals surface area contributed by atoms with E-state index in [4.69, 9.17) is 5.11 Å². The van der Waals surface area contributed by atoms with E-state index in [1.54, 1.807) is 41.9 Å². The minimum Gasteiger partial charge on any atom is -0.394 e. The third-order valence-corrected chi connectivity index (χ3v) is 4.82. The van der Waals surface area contributed by atoms with E-state index in [1.165, 1.54) is 11.8 Å². The number of amides is 1. The van der Waals surface area contributed by atoms with Gasteiger partial charge in [-0.1, -0.05) is 18.2 Å². The molecule has 1 heterocycles. The molecule has 7 heteroatoms. The molecule has 0 fully saturated rings. The number of hydrogen-bond donors (Lipinski definition) is 3. The molecule has 0 radical (unpaired) electrons. The second-order valence-electron chi connectivity index (χ2n) is 5.70. The van der Waals surface area contributed by atoms with Crippen molar-refractivity contribution >= 4 is 23.5 Å². The van der Waals surface area contributed by atoms with Gasteiger partial charge in [0.25, 0.3) is 5.91 Å². The molecule has 0 unspecified atom stereocenters. The van der Waals surface area contributed by atoms with E-state index in [9.17, 15) is 14.7 Å². The highest BCUT2D eigenvalue weighted by Gasteiger charge is 2.18. The van der Waals surface area contributed by atoms with Gasteiger partial charge in [0, 0.05) is 28.3 Å². The van der Waals surface area contributed by atoms with E-state index in [-0.39, 0.29) is 24.1 Å². The zero-order valence-corrected chi connectivity index (χ0v) is 15.0. The molecule has 2 aromatic rings. The minimum absolute atomic E-state index is 0.0801. The van der Waals surface area contributed by atoms with Crippen molar-refractivity contribution in [2.75, 3.05) is 23.5 Å². The first kappa shape index (κ1) is 19.2. The number of carbonyl (C=O) groups is 2. The predicted molar refractivity (Wildman–Crippen MR) is 98.8 cm³/mol. The lowest BCUT2D eigenvalue weighted by atomic mass is 10.2. The molecule has 1 atom stereocenters. The summed E-state index contributed by atoms with van der Waals surface area (Å²) < 4.78 is 1.61. The smallest absolute Gasteiger partial charge is 0.270 e. The Bertz CT molecular complexity index is 743. The molecule has 0 aliphatic rings. The number of nitrogens with one attached hydrogen (secondary N) is 1. The fourth-order valence-corrected chi connectivity index (χ4v) is 3.23. The van der Waals surface area contributed by atoms with Crippen LogP contribution in [0.5, 0.6) is 0 Å². The average Bonchev–Trinajstić information content (AvgIpc) is 2.90. The van der Waals surface area contributed by atoms with Gasteiger partial charge in [-0.05, 0) is 32.0 Å². The van der Waals surface area contributed by atoms with E-state index >= 15 is 0 Å². The lowest BCUT2D eigenvalue weighted by Gasteiger charge is -2.11. The Labute approximate surface area is 150 Å². The maximum Gasteiger partial charge on any atom is 0.270 e. The van der Waals surface area contributed by atoms with Crippen LogP contribution >= 0.6 is 11.8 Å². The summed E-state index contributed by atoms with van der Waals surface area (Å²) in [6.07, 6.45) is -0.824. The van der Waals surface area contributed by atoms with Gasteiger partial charge in [0.2, 0.25) is 0 Å². The molecule has 2 rings (SSSR count). The van der Waals surface area contributed by atoms with Crippen molar-refractivity contribution in [2.24, 2.45) is 0 Å². The van der Waals surface area contributed by atoms with E-state index in [2.05, 4.69) is 5.43 Å². The van der Waals surface area contributed by atoms with Crippen molar-refractivity contribution in [3.8, 4) is 0 Å². The van der Waals surface area contributed by atoms with Crippen LogP contribution in [0, 0.1) is 13.8 Å². The standard InChI is InChI=1S/C18H22N2O4S/c1-12-8-16(17(23)11-25-10-15(22)9-21)13(2)20(12)19-18(24)14-6-4-3-5-7-14/h3-8,15,21-22H,9-11H2,1-2H3,(H,19,24)/t15-/m1/s1. The number of rotatable bonds is 8. The molecule has 1 aromatic carbocycles. The number of benzene rings is 1. The molecule has 0 aliphatic heterocycles. The maximum atomic E-state index is 12.4. The molecule has 6 nitrogen and oxygen atoms in total. The van der Waals surface area contributed by atoms with Gasteiger partial charge in [-0.25, -0.2) is 0 Å². The number of thioether (sulfide) groups is 1. The van der Waals surface area contributed by atoms with Crippen LogP contribution in [0.4, 0.5) is 0 Å². The van der Waals surface area contributed by atoms with Gasteiger partial charge in [-0.15, -0.1) is 0 Å². The molecule has 25 heavy (non-hydrogen) atoms. The molecule has 1 amide bonds. The number of hydrogen-bond acceptors (Lipinski definition) is 5. The number of aryl methyl sites for hydroxylation is 1. The Hall–Kier alpha value is -2.09. The van der Waals surface area contributed by atoms with Crippen molar-refractivity contribution in [2.45, 2.75) is 20.0 Å². The van der Waals surface area contributed by atoms with E-state index < -0.39 is 6.10 Å². The van der Waals surface area contributed by atoms with Crippen molar-refractivity contribution in [1.82, 2.24) is 4.68 Å². The highest BCUT2D eigenvalue weighted by Crippen LogP contribution is 2.17. The summed E-state index contributed by atoms with van der Waals surface area (Å²) in [5.74, 6) is 0.171. The summed E-state index contributed by atoms with van der Waals surface area (Å²) in [5.41, 5.74) is 5.29. The van der Waals surface area contributed by atoms with E-state index in [0.29, 0.717) is 22.6 Å². The number of aliphatic hydroxyl groups is 2. The first-order chi connectivity index (χ1) is 11.9. The lowest BCUT2D eigenvalue weighted by Crippen LogP contribution is -2.25. The van der Waals surface area contributed by atoms with Gasteiger partial charge in [0.05, 0.1) is 18.5 Å². The average molecular weight is 362 g/mol. The van der Waals surface area contributed by atoms with Crippen LogP contribution < -0.4 is 5.43 Å². The van der Waals surface area contributed by atoms with Crippen LogP contribution in [-0.2, 0) is 0 Å². The summed E-state index contributed by atoms with van der Waals surface area (Å²) in [5, 5.41) is 18.1. The molecule has 134 valence electrons. The summed E-state index contributed by atoms with van der Waals surface area (Å²) in [6.45, 7) is 3.28. The topological polar surface area (TPSA) is 91.6 Å². The summed E-state index contributed by atoms with van der Waals surface area (Å²) in [4.78, 5) is 24.7. The number of ketones is 1. The number of aliphatic hydroxyl groups excluding tert-OH is 2. The van der Waals surface area contributed by atoms with Crippen molar-refractivity contribution < 1.29 is 19.8 Å². The fraction of sp³-hybridized carbons (Fsp3) is 0.333. The monoisotopic (exact) mass is 362 g/mol. The predicted octanol–water partition coefficient (Wildman–Crippen LogP) is 1.76. The maximum absolute atomic E-state index is 12.4. The quantitative estimate of drug-likeness (QED) is 0.623. The minimum atomic E-state index is -0.824. The summed E-state index contributed by atoms with van der Waals surface area (Å²) in [6, 6.07) is 10.6. The summed E-state index contributed by atoms with van der Waals surface area (Å²) >= 11 is 1.27. The van der Waals surface area contributed by atoms with Crippen molar-refractivity contribution in [3.05, 3.63) is 58.9 Å². The summed E-state index contributed by atoms with van der Waals surface area (Å²) in [7, 11) is 0. The molecular formula is C18H22N2O4S. The first-order valence-electron chi connectivity index (χ1n) is 7.89. The second kappa shape index (κ2) is 8.84. The van der Waals surface area contributed by atoms with E-state index in [1.807, 2.05) is 13.0 Å². The highest BCUT2D eigenvalue weighted by molar-refractivity contribution is 8.00. The van der Waals surface area contributed by atoms with Crippen LogP contribution in [-0.4, -0.2) is 50.8 Å². The zero-order chi connectivity index (χ0) is 18.4. The zero-order valence-electron chi connectivity index (χ0n) is 14.2. The van der Waals surface area contributed by atoms with Crippen molar-refractivity contribution in [1.29, 1.82) is 0 Å². The van der Waals surface area contributed by atoms with Crippen LogP contribution in [0.2, 0.25) is 0 Å². The molecular weight excluding hydrogens is 340 g/mol. The van der Waals surface area contributed by atoms with Crippen LogP contribution in [0.1, 0.15) is 32.1 Å². The number of aromatic nitrogens is 1. The molecule has 0 aliphatic carbocycles. The first-order valence-corrected chi connectivity index (χ1v) is 9.04.